The molecule has 0 radical (unpaired) electrons. The van der Waals surface area contributed by atoms with Gasteiger partial charge in [0.25, 0.3) is 0 Å². The Morgan fingerprint density at radius 1 is 1.19 bits per heavy atom. The molecule has 0 bridgehead atoms. The molecule has 0 aliphatic rings. The van der Waals surface area contributed by atoms with Crippen molar-refractivity contribution in [3.05, 3.63) is 58.7 Å². The Hall–Kier alpha value is -2.59. The molecule has 3 aromatic rings. The van der Waals surface area contributed by atoms with Crippen LogP contribution in [0.3, 0.4) is 0 Å². The highest BCUT2D eigenvalue weighted by molar-refractivity contribution is 6.31. The highest BCUT2D eigenvalue weighted by Gasteiger charge is 2.24. The number of hydrogen-bond acceptors (Lipinski definition) is 4. The van der Waals surface area contributed by atoms with Crippen molar-refractivity contribution < 1.29 is 14.3 Å². The van der Waals surface area contributed by atoms with E-state index >= 15 is 0 Å². The summed E-state index contributed by atoms with van der Waals surface area (Å²) in [6.07, 6.45) is 0. The summed E-state index contributed by atoms with van der Waals surface area (Å²) in [5.74, 6) is 0.384. The Kier molecular flexibility index (Phi) is 5.66. The summed E-state index contributed by atoms with van der Waals surface area (Å²) < 4.78 is 10.7. The Morgan fingerprint density at radius 3 is 2.63 bits per heavy atom. The molecule has 0 amide bonds. The molecular weight excluding hydrogens is 362 g/mol. The third kappa shape index (κ3) is 3.76. The minimum absolute atomic E-state index is 0.0562. The molecule has 0 unspecified atom stereocenters. The van der Waals surface area contributed by atoms with Gasteiger partial charge in [0.05, 0.1) is 19.2 Å². The van der Waals surface area contributed by atoms with Crippen LogP contribution in [0.5, 0.6) is 5.75 Å². The third-order valence-electron chi connectivity index (χ3n) is 4.37. The summed E-state index contributed by atoms with van der Waals surface area (Å²) in [6, 6.07) is 13.3. The fraction of sp³-hybridized carbons (Fsp3) is 0.273. The Morgan fingerprint density at radius 2 is 1.96 bits per heavy atom. The van der Waals surface area contributed by atoms with E-state index in [4.69, 9.17) is 21.1 Å². The summed E-state index contributed by atoms with van der Waals surface area (Å²) in [6.45, 7) is 6.60. The molecule has 0 aliphatic heterocycles. The number of carbonyl (C=O) groups excluding carboxylic acids is 1. The fourth-order valence-electron chi connectivity index (χ4n) is 3.28. The van der Waals surface area contributed by atoms with E-state index < -0.39 is 5.97 Å². The molecule has 5 heteroatoms. The number of ether oxygens (including phenoxy) is 2. The Bertz CT molecular complexity index is 998. The summed E-state index contributed by atoms with van der Waals surface area (Å²) >= 11 is 6.28. The van der Waals surface area contributed by atoms with Gasteiger partial charge in [-0.15, -0.1) is 0 Å². The van der Waals surface area contributed by atoms with Crippen LogP contribution in [0.4, 0.5) is 0 Å². The lowest BCUT2D eigenvalue weighted by Gasteiger charge is -2.19. The van der Waals surface area contributed by atoms with Gasteiger partial charge in [-0.05, 0) is 59.9 Å². The number of carbonyl (C=O) groups is 1. The van der Waals surface area contributed by atoms with Crippen LogP contribution in [0, 0.1) is 0 Å². The number of hydrogen-bond donors (Lipinski definition) is 0. The monoisotopic (exact) mass is 383 g/mol. The maximum Gasteiger partial charge on any atom is 0.356 e. The molecule has 0 atom stereocenters. The van der Waals surface area contributed by atoms with E-state index in [0.29, 0.717) is 22.8 Å². The normalized spacial score (nSPS) is 11.0. The van der Waals surface area contributed by atoms with Gasteiger partial charge >= 0.3 is 5.97 Å². The molecule has 2 aromatic carbocycles. The van der Waals surface area contributed by atoms with Gasteiger partial charge < -0.3 is 9.47 Å². The van der Waals surface area contributed by atoms with Crippen molar-refractivity contribution in [1.82, 2.24) is 4.98 Å². The molecular formula is C22H22ClNO3. The molecule has 0 N–H and O–H groups in total. The molecule has 0 aliphatic carbocycles. The highest BCUT2D eigenvalue weighted by atomic mass is 35.5. The second-order valence-electron chi connectivity index (χ2n) is 6.52. The molecule has 0 saturated carbocycles. The number of aromatic nitrogens is 1. The predicted molar refractivity (Wildman–Crippen MR) is 109 cm³/mol. The van der Waals surface area contributed by atoms with Crippen LogP contribution < -0.4 is 4.74 Å². The van der Waals surface area contributed by atoms with Gasteiger partial charge in [-0.25, -0.2) is 9.78 Å². The highest BCUT2D eigenvalue weighted by Crippen LogP contribution is 2.39. The number of rotatable bonds is 5. The molecule has 0 spiro atoms. The van der Waals surface area contributed by atoms with Gasteiger partial charge in [-0.1, -0.05) is 37.6 Å². The zero-order chi connectivity index (χ0) is 19.6. The van der Waals surface area contributed by atoms with Gasteiger partial charge in [0.2, 0.25) is 0 Å². The van der Waals surface area contributed by atoms with Crippen LogP contribution >= 0.6 is 11.6 Å². The summed E-state index contributed by atoms with van der Waals surface area (Å²) in [4.78, 5) is 17.1. The van der Waals surface area contributed by atoms with E-state index in [2.05, 4.69) is 4.98 Å². The first-order chi connectivity index (χ1) is 13.0. The Labute approximate surface area is 164 Å². The van der Waals surface area contributed by atoms with Crippen molar-refractivity contribution in [2.45, 2.75) is 26.7 Å². The van der Waals surface area contributed by atoms with Crippen LogP contribution in [-0.4, -0.2) is 24.7 Å². The van der Waals surface area contributed by atoms with Crippen molar-refractivity contribution in [1.29, 1.82) is 0 Å². The smallest absolute Gasteiger partial charge is 0.356 e. The quantitative estimate of drug-likeness (QED) is 0.517. The number of esters is 1. The third-order valence-corrected chi connectivity index (χ3v) is 4.61. The number of pyridine rings is 1. The number of methoxy groups -OCH3 is 1. The molecule has 27 heavy (non-hydrogen) atoms. The first kappa shape index (κ1) is 19.2. The molecule has 4 nitrogen and oxygen atoms in total. The van der Waals surface area contributed by atoms with Gasteiger partial charge in [0, 0.05) is 10.4 Å². The number of halogens is 1. The van der Waals surface area contributed by atoms with E-state index in [0.717, 1.165) is 27.8 Å². The second-order valence-corrected chi connectivity index (χ2v) is 6.95. The average molecular weight is 384 g/mol. The van der Waals surface area contributed by atoms with E-state index in [1.165, 1.54) is 7.11 Å². The van der Waals surface area contributed by atoms with Gasteiger partial charge in [0.15, 0.2) is 5.69 Å². The van der Waals surface area contributed by atoms with Crippen molar-refractivity contribution in [2.24, 2.45) is 0 Å². The first-order valence-corrected chi connectivity index (χ1v) is 9.28. The van der Waals surface area contributed by atoms with Gasteiger partial charge in [-0.2, -0.15) is 0 Å². The predicted octanol–water partition coefficient (Wildman–Crippen LogP) is 5.86. The number of fused-ring (bicyclic) bond motifs is 1. The lowest BCUT2D eigenvalue weighted by molar-refractivity contribution is 0.0592. The number of benzene rings is 2. The standard InChI is InChI=1S/C22H22ClNO3/c1-5-27-16-8-6-7-14(11-16)20-17-12-15(23)9-10-18(17)24-21(22(25)26-4)19(20)13(2)3/h6-13H,5H2,1-4H3. The maximum atomic E-state index is 12.5. The zero-order valence-electron chi connectivity index (χ0n) is 15.9. The topological polar surface area (TPSA) is 48.4 Å². The van der Waals surface area contributed by atoms with Crippen LogP contribution in [0.25, 0.3) is 22.0 Å². The van der Waals surface area contributed by atoms with Crippen LogP contribution in [-0.2, 0) is 4.74 Å². The molecule has 1 heterocycles. The molecule has 0 saturated heterocycles. The van der Waals surface area contributed by atoms with Crippen molar-refractivity contribution >= 4 is 28.5 Å². The van der Waals surface area contributed by atoms with E-state index in [-0.39, 0.29) is 5.92 Å². The molecule has 0 fully saturated rings. The fourth-order valence-corrected chi connectivity index (χ4v) is 3.46. The van der Waals surface area contributed by atoms with Crippen molar-refractivity contribution in [2.75, 3.05) is 13.7 Å². The lowest BCUT2D eigenvalue weighted by Crippen LogP contribution is -2.12. The average Bonchev–Trinajstić information content (AvgIpc) is 2.66. The largest absolute Gasteiger partial charge is 0.494 e. The zero-order valence-corrected chi connectivity index (χ0v) is 16.6. The summed E-state index contributed by atoms with van der Waals surface area (Å²) in [5, 5.41) is 1.51. The van der Waals surface area contributed by atoms with Crippen LogP contribution in [0.1, 0.15) is 42.7 Å². The first-order valence-electron chi connectivity index (χ1n) is 8.91. The van der Waals surface area contributed by atoms with E-state index in [1.807, 2.05) is 57.2 Å². The van der Waals surface area contributed by atoms with E-state index in [9.17, 15) is 4.79 Å². The molecule has 1 aromatic heterocycles. The van der Waals surface area contributed by atoms with Crippen molar-refractivity contribution in [3.63, 3.8) is 0 Å². The number of nitrogens with zero attached hydrogens (tertiary/aromatic N) is 1. The second kappa shape index (κ2) is 7.97. The minimum atomic E-state index is -0.447. The van der Waals surface area contributed by atoms with E-state index in [1.54, 1.807) is 6.07 Å². The molecule has 3 rings (SSSR count). The van der Waals surface area contributed by atoms with Gasteiger partial charge in [-0.3, -0.25) is 0 Å². The SMILES string of the molecule is CCOc1cccc(-c2c(C(C)C)c(C(=O)OC)nc3ccc(Cl)cc23)c1. The van der Waals surface area contributed by atoms with Crippen LogP contribution in [0.2, 0.25) is 5.02 Å². The summed E-state index contributed by atoms with van der Waals surface area (Å²) in [5.41, 5.74) is 3.74. The molecule has 140 valence electrons. The maximum absolute atomic E-state index is 12.5. The van der Waals surface area contributed by atoms with Crippen molar-refractivity contribution in [3.8, 4) is 16.9 Å². The van der Waals surface area contributed by atoms with Gasteiger partial charge in [0.1, 0.15) is 5.75 Å². The minimum Gasteiger partial charge on any atom is -0.494 e. The Balaban J connectivity index is 2.43. The summed E-state index contributed by atoms with van der Waals surface area (Å²) in [7, 11) is 1.37. The van der Waals surface area contributed by atoms with Crippen LogP contribution in [0.15, 0.2) is 42.5 Å². The lowest BCUT2D eigenvalue weighted by atomic mass is 9.88.